The maximum atomic E-state index is 12.0. The summed E-state index contributed by atoms with van der Waals surface area (Å²) in [6.07, 6.45) is 0. The lowest BCUT2D eigenvalue weighted by Gasteiger charge is -2.07. The van der Waals surface area contributed by atoms with Gasteiger partial charge in [0.1, 0.15) is 0 Å². The lowest BCUT2D eigenvalue weighted by molar-refractivity contribution is -0.385. The van der Waals surface area contributed by atoms with Crippen LogP contribution < -0.4 is 10.1 Å². The molecule has 10 heteroatoms. The lowest BCUT2D eigenvalue weighted by atomic mass is 10.1. The fraction of sp³-hybridized carbons (Fsp3) is 0.385. The van der Waals surface area contributed by atoms with Crippen LogP contribution in [-0.2, 0) is 14.8 Å². The first-order chi connectivity index (χ1) is 10.6. The first-order valence-electron chi connectivity index (χ1n) is 6.70. The number of benzene rings is 1. The first-order valence-corrected chi connectivity index (χ1v) is 8.19. The van der Waals surface area contributed by atoms with Crippen LogP contribution in [0.3, 0.4) is 0 Å². The fourth-order valence-corrected chi connectivity index (χ4v) is 2.35. The number of carbonyl (C=O) groups excluding carboxylic acids is 1. The van der Waals surface area contributed by atoms with E-state index in [2.05, 4.69) is 15.2 Å². The molecule has 0 radical (unpaired) electrons. The van der Waals surface area contributed by atoms with Crippen LogP contribution in [0.25, 0.3) is 0 Å². The second-order valence-corrected chi connectivity index (χ2v) is 6.79. The van der Waals surface area contributed by atoms with Crippen LogP contribution in [0.4, 0.5) is 5.69 Å². The van der Waals surface area contributed by atoms with Gasteiger partial charge >= 0.3 is 0 Å². The molecule has 0 aliphatic heterocycles. The minimum atomic E-state index is -4.03. The Bertz CT molecular complexity index is 728. The van der Waals surface area contributed by atoms with Crippen molar-refractivity contribution in [3.63, 3.8) is 0 Å². The van der Waals surface area contributed by atoms with Crippen molar-refractivity contribution in [1.29, 1.82) is 0 Å². The molecule has 0 fully saturated rings. The Morgan fingerprint density at radius 2 is 2.04 bits per heavy atom. The molecule has 2 N–H and O–H groups in total. The van der Waals surface area contributed by atoms with E-state index in [0.717, 1.165) is 6.07 Å². The zero-order valence-corrected chi connectivity index (χ0v) is 13.8. The monoisotopic (exact) mass is 342 g/mol. The number of hydrogen-bond acceptors (Lipinski definition) is 6. The normalized spacial score (nSPS) is 12.3. The summed E-state index contributed by atoms with van der Waals surface area (Å²) in [6.45, 7) is 5.00. The van der Waals surface area contributed by atoms with Gasteiger partial charge in [0.05, 0.1) is 16.4 Å². The van der Waals surface area contributed by atoms with Crippen LogP contribution in [0, 0.1) is 16.0 Å². The van der Waals surface area contributed by atoms with Gasteiger partial charge < -0.3 is 0 Å². The second kappa shape index (κ2) is 7.79. The second-order valence-electron chi connectivity index (χ2n) is 5.02. The molecule has 0 bridgehead atoms. The number of hydrazone groups is 1. The molecule has 0 aromatic heterocycles. The van der Waals surface area contributed by atoms with Gasteiger partial charge in [-0.3, -0.25) is 14.9 Å². The van der Waals surface area contributed by atoms with Gasteiger partial charge in [0, 0.05) is 17.8 Å². The molecule has 0 atom stereocenters. The average Bonchev–Trinajstić information content (AvgIpc) is 2.50. The predicted octanol–water partition coefficient (Wildman–Crippen LogP) is 1.02. The van der Waals surface area contributed by atoms with Crippen molar-refractivity contribution in [2.24, 2.45) is 11.0 Å². The predicted molar refractivity (Wildman–Crippen MR) is 84.4 cm³/mol. The Morgan fingerprint density at radius 1 is 1.39 bits per heavy atom. The largest absolute Gasteiger partial charge is 0.272 e. The van der Waals surface area contributed by atoms with Gasteiger partial charge in [0.15, 0.2) is 0 Å². The summed E-state index contributed by atoms with van der Waals surface area (Å²) in [4.78, 5) is 21.2. The maximum absolute atomic E-state index is 12.0. The van der Waals surface area contributed by atoms with E-state index in [4.69, 9.17) is 0 Å². The number of nitro benzene ring substituents is 1. The van der Waals surface area contributed by atoms with Crippen LogP contribution in [0.15, 0.2) is 34.3 Å². The highest BCUT2D eigenvalue weighted by Gasteiger charge is 2.18. The molecule has 0 saturated carbocycles. The highest BCUT2D eigenvalue weighted by Crippen LogP contribution is 2.16. The molecule has 126 valence electrons. The number of nitrogens with zero attached hydrogens (tertiary/aromatic N) is 2. The van der Waals surface area contributed by atoms with Crippen molar-refractivity contribution in [3.05, 3.63) is 34.4 Å². The van der Waals surface area contributed by atoms with E-state index in [-0.39, 0.29) is 16.5 Å². The van der Waals surface area contributed by atoms with Crippen LogP contribution in [0.5, 0.6) is 0 Å². The van der Waals surface area contributed by atoms with E-state index >= 15 is 0 Å². The Labute approximate surface area is 134 Å². The molecule has 1 aromatic rings. The molecule has 1 rings (SSSR count). The van der Waals surface area contributed by atoms with E-state index in [9.17, 15) is 23.3 Å². The topological polar surface area (TPSA) is 131 Å². The van der Waals surface area contributed by atoms with Crippen LogP contribution in [0.1, 0.15) is 20.8 Å². The molecule has 0 heterocycles. The Hall–Kier alpha value is -2.33. The molecule has 0 aliphatic carbocycles. The average molecular weight is 342 g/mol. The fourth-order valence-electron chi connectivity index (χ4n) is 1.33. The quantitative estimate of drug-likeness (QED) is 0.434. The minimum Gasteiger partial charge on any atom is -0.272 e. The van der Waals surface area contributed by atoms with Gasteiger partial charge in [0.2, 0.25) is 10.0 Å². The van der Waals surface area contributed by atoms with Crippen molar-refractivity contribution in [2.75, 3.05) is 6.54 Å². The highest BCUT2D eigenvalue weighted by atomic mass is 32.2. The number of nitro groups is 1. The zero-order chi connectivity index (χ0) is 17.6. The van der Waals surface area contributed by atoms with Crippen molar-refractivity contribution in [3.8, 4) is 0 Å². The van der Waals surface area contributed by atoms with E-state index in [1.807, 2.05) is 13.8 Å². The molecule has 0 unspecified atom stereocenters. The summed E-state index contributed by atoms with van der Waals surface area (Å²) in [5, 5.41) is 14.5. The molecule has 1 aromatic carbocycles. The number of carbonyl (C=O) groups is 1. The standard InChI is InChI=1S/C13H18N4O5S/c1-9(2)10(3)15-16-13(18)8-14-23(21,22)12-6-4-5-11(7-12)17(19)20/h4-7,9,14H,8H2,1-3H3,(H,16,18)/b15-10-. The smallest absolute Gasteiger partial charge is 0.270 e. The highest BCUT2D eigenvalue weighted by molar-refractivity contribution is 7.89. The lowest BCUT2D eigenvalue weighted by Crippen LogP contribution is -2.35. The van der Waals surface area contributed by atoms with Gasteiger partial charge in [-0.1, -0.05) is 19.9 Å². The Morgan fingerprint density at radius 3 is 2.61 bits per heavy atom. The molecule has 9 nitrogen and oxygen atoms in total. The van der Waals surface area contributed by atoms with Crippen LogP contribution in [0.2, 0.25) is 0 Å². The van der Waals surface area contributed by atoms with Gasteiger partial charge in [0.25, 0.3) is 11.6 Å². The summed E-state index contributed by atoms with van der Waals surface area (Å²) in [5.74, 6) is -0.490. The summed E-state index contributed by atoms with van der Waals surface area (Å²) in [7, 11) is -4.03. The number of non-ortho nitro benzene ring substituents is 1. The molecule has 23 heavy (non-hydrogen) atoms. The summed E-state index contributed by atoms with van der Waals surface area (Å²) in [5.41, 5.74) is 2.57. The Kier molecular flexibility index (Phi) is 6.34. The third-order valence-corrected chi connectivity index (χ3v) is 4.35. The maximum Gasteiger partial charge on any atom is 0.270 e. The molecule has 0 spiro atoms. The number of nitrogens with one attached hydrogen (secondary N) is 2. The molecule has 0 saturated heterocycles. The van der Waals surface area contributed by atoms with E-state index in [1.165, 1.54) is 18.2 Å². The molecule has 1 amide bonds. The SMILES string of the molecule is C/C(=N/NC(=O)CNS(=O)(=O)c1cccc([N+](=O)[O-])c1)C(C)C. The number of amides is 1. The zero-order valence-electron chi connectivity index (χ0n) is 12.9. The van der Waals surface area contributed by atoms with Crippen LogP contribution >= 0.6 is 0 Å². The van der Waals surface area contributed by atoms with Gasteiger partial charge in [-0.15, -0.1) is 0 Å². The van der Waals surface area contributed by atoms with Gasteiger partial charge in [-0.25, -0.2) is 18.6 Å². The first kappa shape index (κ1) is 18.7. The molecular weight excluding hydrogens is 324 g/mol. The van der Waals surface area contributed by atoms with Gasteiger partial charge in [-0.2, -0.15) is 5.10 Å². The van der Waals surface area contributed by atoms with E-state index < -0.39 is 27.4 Å². The Balaban J connectivity index is 2.73. The number of sulfonamides is 1. The minimum absolute atomic E-state index is 0.150. The van der Waals surface area contributed by atoms with Crippen molar-refractivity contribution in [2.45, 2.75) is 25.7 Å². The molecular formula is C13H18N4O5S. The third-order valence-electron chi connectivity index (χ3n) is 2.95. The number of hydrogen-bond donors (Lipinski definition) is 2. The van der Waals surface area contributed by atoms with Crippen molar-refractivity contribution < 1.29 is 18.1 Å². The van der Waals surface area contributed by atoms with E-state index in [1.54, 1.807) is 6.92 Å². The molecule has 0 aliphatic rings. The van der Waals surface area contributed by atoms with Gasteiger partial charge in [-0.05, 0) is 18.9 Å². The van der Waals surface area contributed by atoms with E-state index in [0.29, 0.717) is 5.71 Å². The van der Waals surface area contributed by atoms with Crippen molar-refractivity contribution >= 4 is 27.3 Å². The summed E-state index contributed by atoms with van der Waals surface area (Å²) in [6, 6.07) is 4.55. The summed E-state index contributed by atoms with van der Waals surface area (Å²) >= 11 is 0. The number of rotatable bonds is 7. The third kappa shape index (κ3) is 5.75. The van der Waals surface area contributed by atoms with Crippen LogP contribution in [-0.4, -0.2) is 31.5 Å². The summed E-state index contributed by atoms with van der Waals surface area (Å²) < 4.78 is 26.1. The van der Waals surface area contributed by atoms with Crippen molar-refractivity contribution in [1.82, 2.24) is 10.1 Å².